The topological polar surface area (TPSA) is 51.3 Å². The zero-order valence-corrected chi connectivity index (χ0v) is 9.46. The fraction of sp³-hybridized carbons (Fsp3) is 0.250. The second-order valence-electron chi connectivity index (χ2n) is 3.53. The number of hydrogen-bond donors (Lipinski definition) is 1. The quantitative estimate of drug-likeness (QED) is 0.788. The van der Waals surface area contributed by atoms with Crippen molar-refractivity contribution < 1.29 is 14.3 Å². The van der Waals surface area contributed by atoms with Crippen LogP contribution in [0.1, 0.15) is 16.1 Å². The Hall–Kier alpha value is -1.97. The van der Waals surface area contributed by atoms with Crippen LogP contribution in [0.25, 0.3) is 10.9 Å². The molecule has 0 saturated carbocycles. The average Bonchev–Trinajstić information content (AvgIpc) is 2.62. The molecule has 4 nitrogen and oxygen atoms in total. The molecule has 1 aromatic heterocycles. The number of aromatic amines is 1. The first-order valence-corrected chi connectivity index (χ1v) is 4.92. The Morgan fingerprint density at radius 3 is 2.69 bits per heavy atom. The summed E-state index contributed by atoms with van der Waals surface area (Å²) in [6, 6.07) is 5.53. The number of fused-ring (bicyclic) bond motifs is 1. The summed E-state index contributed by atoms with van der Waals surface area (Å²) in [6.45, 7) is 1.85. The molecule has 0 radical (unpaired) electrons. The summed E-state index contributed by atoms with van der Waals surface area (Å²) in [6.07, 6.45) is 0. The van der Waals surface area contributed by atoms with E-state index in [4.69, 9.17) is 9.47 Å². The highest BCUT2D eigenvalue weighted by Crippen LogP contribution is 2.26. The summed E-state index contributed by atoms with van der Waals surface area (Å²) >= 11 is 0. The van der Waals surface area contributed by atoms with E-state index in [9.17, 15) is 4.79 Å². The molecule has 1 heterocycles. The third-order valence-electron chi connectivity index (χ3n) is 2.58. The standard InChI is InChI=1S/C12H13NO3/c1-7-11(12(14)16-3)9-5-4-8(15-2)6-10(9)13-7/h4-6,13H,1-3H3. The van der Waals surface area contributed by atoms with Crippen molar-refractivity contribution in [1.82, 2.24) is 4.98 Å². The van der Waals surface area contributed by atoms with Gasteiger partial charge in [-0.05, 0) is 19.1 Å². The second-order valence-corrected chi connectivity index (χ2v) is 3.53. The number of nitrogens with one attached hydrogen (secondary N) is 1. The molecule has 0 aliphatic carbocycles. The number of carbonyl (C=O) groups excluding carboxylic acids is 1. The smallest absolute Gasteiger partial charge is 0.340 e. The van der Waals surface area contributed by atoms with Crippen LogP contribution in [-0.2, 0) is 4.74 Å². The average molecular weight is 219 g/mol. The van der Waals surface area contributed by atoms with Gasteiger partial charge in [0.2, 0.25) is 0 Å². The number of methoxy groups -OCH3 is 2. The predicted molar refractivity (Wildman–Crippen MR) is 60.9 cm³/mol. The van der Waals surface area contributed by atoms with Crippen LogP contribution in [-0.4, -0.2) is 25.2 Å². The van der Waals surface area contributed by atoms with Gasteiger partial charge in [0.1, 0.15) is 5.75 Å². The van der Waals surface area contributed by atoms with E-state index in [0.717, 1.165) is 22.3 Å². The highest BCUT2D eigenvalue weighted by Gasteiger charge is 2.16. The lowest BCUT2D eigenvalue weighted by Gasteiger charge is -2.00. The number of rotatable bonds is 2. The van der Waals surface area contributed by atoms with Crippen LogP contribution >= 0.6 is 0 Å². The lowest BCUT2D eigenvalue weighted by Crippen LogP contribution is -2.01. The maximum atomic E-state index is 11.6. The summed E-state index contributed by atoms with van der Waals surface area (Å²) < 4.78 is 9.87. The van der Waals surface area contributed by atoms with Gasteiger partial charge in [-0.15, -0.1) is 0 Å². The lowest BCUT2D eigenvalue weighted by molar-refractivity contribution is 0.0602. The summed E-state index contributed by atoms with van der Waals surface area (Å²) in [7, 11) is 2.99. The van der Waals surface area contributed by atoms with Crippen LogP contribution < -0.4 is 4.74 Å². The Morgan fingerprint density at radius 2 is 2.06 bits per heavy atom. The zero-order chi connectivity index (χ0) is 11.7. The number of H-pyrrole nitrogens is 1. The van der Waals surface area contributed by atoms with Crippen molar-refractivity contribution in [2.75, 3.05) is 14.2 Å². The van der Waals surface area contributed by atoms with E-state index in [1.165, 1.54) is 7.11 Å². The van der Waals surface area contributed by atoms with Crippen LogP contribution in [0.2, 0.25) is 0 Å². The third-order valence-corrected chi connectivity index (χ3v) is 2.58. The highest BCUT2D eigenvalue weighted by atomic mass is 16.5. The van der Waals surface area contributed by atoms with E-state index in [-0.39, 0.29) is 5.97 Å². The van der Waals surface area contributed by atoms with Crippen LogP contribution in [0.15, 0.2) is 18.2 Å². The Balaban J connectivity index is 2.66. The van der Waals surface area contributed by atoms with Gasteiger partial charge in [-0.3, -0.25) is 0 Å². The number of benzene rings is 1. The Kier molecular flexibility index (Phi) is 2.56. The summed E-state index contributed by atoms with van der Waals surface area (Å²) in [4.78, 5) is 14.7. The molecule has 1 aromatic carbocycles. The van der Waals surface area contributed by atoms with Gasteiger partial charge < -0.3 is 14.5 Å². The molecule has 2 rings (SSSR count). The number of aromatic nitrogens is 1. The van der Waals surface area contributed by atoms with Gasteiger partial charge >= 0.3 is 5.97 Å². The van der Waals surface area contributed by atoms with Gasteiger partial charge in [0, 0.05) is 17.1 Å². The largest absolute Gasteiger partial charge is 0.497 e. The molecular weight excluding hydrogens is 206 g/mol. The molecule has 0 aliphatic heterocycles. The first-order chi connectivity index (χ1) is 7.67. The molecule has 4 heteroatoms. The number of ether oxygens (including phenoxy) is 2. The third kappa shape index (κ3) is 1.52. The molecule has 0 unspecified atom stereocenters. The van der Waals surface area contributed by atoms with E-state index >= 15 is 0 Å². The zero-order valence-electron chi connectivity index (χ0n) is 9.46. The SMILES string of the molecule is COC(=O)c1c(C)[nH]c2cc(OC)ccc12. The van der Waals surface area contributed by atoms with Gasteiger partial charge in [-0.1, -0.05) is 0 Å². The minimum absolute atomic E-state index is 0.325. The fourth-order valence-electron chi connectivity index (χ4n) is 1.80. The molecule has 1 N–H and O–H groups in total. The van der Waals surface area contributed by atoms with Crippen LogP contribution in [0.3, 0.4) is 0 Å². The van der Waals surface area contributed by atoms with Gasteiger partial charge in [0.25, 0.3) is 0 Å². The minimum Gasteiger partial charge on any atom is -0.497 e. The maximum Gasteiger partial charge on any atom is 0.340 e. The van der Waals surface area contributed by atoms with Gasteiger partial charge in [-0.2, -0.15) is 0 Å². The first kappa shape index (κ1) is 10.5. The molecule has 0 spiro atoms. The van der Waals surface area contributed by atoms with Gasteiger partial charge in [-0.25, -0.2) is 4.79 Å². The van der Waals surface area contributed by atoms with E-state index in [0.29, 0.717) is 5.56 Å². The van der Waals surface area contributed by atoms with Gasteiger partial charge in [0.15, 0.2) is 0 Å². The minimum atomic E-state index is -0.325. The Morgan fingerprint density at radius 1 is 1.31 bits per heavy atom. The van der Waals surface area contributed by atoms with Crippen LogP contribution in [0, 0.1) is 6.92 Å². The van der Waals surface area contributed by atoms with Crippen LogP contribution in [0.5, 0.6) is 5.75 Å². The van der Waals surface area contributed by atoms with E-state index < -0.39 is 0 Å². The highest BCUT2D eigenvalue weighted by molar-refractivity contribution is 6.05. The monoisotopic (exact) mass is 219 g/mol. The lowest BCUT2D eigenvalue weighted by atomic mass is 10.1. The molecule has 0 fully saturated rings. The number of carbonyl (C=O) groups is 1. The van der Waals surface area contributed by atoms with Crippen molar-refractivity contribution in [2.24, 2.45) is 0 Å². The molecule has 0 amide bonds. The molecule has 16 heavy (non-hydrogen) atoms. The van der Waals surface area contributed by atoms with Crippen molar-refractivity contribution in [2.45, 2.75) is 6.92 Å². The van der Waals surface area contributed by atoms with Gasteiger partial charge in [0.05, 0.1) is 25.3 Å². The molecule has 0 aliphatic rings. The van der Waals surface area contributed by atoms with Crippen molar-refractivity contribution in [3.05, 3.63) is 29.5 Å². The van der Waals surface area contributed by atoms with Crippen LogP contribution in [0.4, 0.5) is 0 Å². The molecular formula is C12H13NO3. The van der Waals surface area contributed by atoms with Crippen molar-refractivity contribution in [1.29, 1.82) is 0 Å². The molecule has 2 aromatic rings. The molecule has 0 saturated heterocycles. The summed E-state index contributed by atoms with van der Waals surface area (Å²) in [5, 5.41) is 0.852. The van der Waals surface area contributed by atoms with E-state index in [1.807, 2.05) is 25.1 Å². The summed E-state index contributed by atoms with van der Waals surface area (Å²) in [5.41, 5.74) is 2.26. The molecule has 84 valence electrons. The Labute approximate surface area is 93.2 Å². The normalized spacial score (nSPS) is 10.4. The fourth-order valence-corrected chi connectivity index (χ4v) is 1.80. The second kappa shape index (κ2) is 3.89. The predicted octanol–water partition coefficient (Wildman–Crippen LogP) is 2.27. The van der Waals surface area contributed by atoms with E-state index in [1.54, 1.807) is 7.11 Å². The Bertz CT molecular complexity index is 542. The number of esters is 1. The van der Waals surface area contributed by atoms with Crippen molar-refractivity contribution in [3.8, 4) is 5.75 Å². The number of hydrogen-bond acceptors (Lipinski definition) is 3. The summed E-state index contributed by atoms with van der Waals surface area (Å²) in [5.74, 6) is 0.430. The number of aryl methyl sites for hydroxylation is 1. The van der Waals surface area contributed by atoms with Crippen molar-refractivity contribution >= 4 is 16.9 Å². The first-order valence-electron chi connectivity index (χ1n) is 4.92. The van der Waals surface area contributed by atoms with Crippen molar-refractivity contribution in [3.63, 3.8) is 0 Å². The molecule has 0 atom stereocenters. The van der Waals surface area contributed by atoms with E-state index in [2.05, 4.69) is 4.98 Å². The maximum absolute atomic E-state index is 11.6. The molecule has 0 bridgehead atoms.